The standard InChI is InChI=1S/C12H21NOS/c1-4-7-13-12(5-8-14-3)11-6-9-15-10(11)2/h6,9,12-13H,4-5,7-8H2,1-3H3. The van der Waals surface area contributed by atoms with Crippen molar-refractivity contribution in [3.63, 3.8) is 0 Å². The molecule has 0 spiro atoms. The molecular formula is C12H21NOS. The monoisotopic (exact) mass is 227 g/mol. The van der Waals surface area contributed by atoms with Crippen molar-refractivity contribution in [2.45, 2.75) is 32.7 Å². The number of ether oxygens (including phenoxy) is 1. The third-order valence-corrected chi connectivity index (χ3v) is 3.39. The summed E-state index contributed by atoms with van der Waals surface area (Å²) in [4.78, 5) is 1.42. The Kier molecular flexibility index (Phi) is 5.91. The average Bonchev–Trinajstić information content (AvgIpc) is 2.65. The van der Waals surface area contributed by atoms with E-state index in [1.807, 2.05) is 11.3 Å². The van der Waals surface area contributed by atoms with Crippen LogP contribution in [0.3, 0.4) is 0 Å². The molecule has 1 aromatic heterocycles. The van der Waals surface area contributed by atoms with Crippen LogP contribution in [-0.2, 0) is 4.74 Å². The van der Waals surface area contributed by atoms with Gasteiger partial charge >= 0.3 is 0 Å². The molecule has 0 saturated heterocycles. The second kappa shape index (κ2) is 6.99. The van der Waals surface area contributed by atoms with Gasteiger partial charge in [0.25, 0.3) is 0 Å². The first kappa shape index (κ1) is 12.7. The molecule has 0 amide bonds. The maximum Gasteiger partial charge on any atom is 0.0480 e. The van der Waals surface area contributed by atoms with Crippen LogP contribution in [0.5, 0.6) is 0 Å². The van der Waals surface area contributed by atoms with Crippen LogP contribution in [0.15, 0.2) is 11.4 Å². The van der Waals surface area contributed by atoms with E-state index in [-0.39, 0.29) is 0 Å². The van der Waals surface area contributed by atoms with Crippen LogP contribution in [-0.4, -0.2) is 20.3 Å². The normalized spacial score (nSPS) is 13.0. The molecule has 0 radical (unpaired) electrons. The molecule has 1 atom stereocenters. The lowest BCUT2D eigenvalue weighted by atomic mass is 10.1. The predicted molar refractivity (Wildman–Crippen MR) is 66.6 cm³/mol. The van der Waals surface area contributed by atoms with Crippen LogP contribution in [0.25, 0.3) is 0 Å². The summed E-state index contributed by atoms with van der Waals surface area (Å²) in [5.41, 5.74) is 1.44. The molecule has 0 bridgehead atoms. The molecule has 0 aliphatic heterocycles. The molecule has 1 aromatic rings. The van der Waals surface area contributed by atoms with Gasteiger partial charge in [0, 0.05) is 24.6 Å². The highest BCUT2D eigenvalue weighted by Crippen LogP contribution is 2.24. The zero-order valence-electron chi connectivity index (χ0n) is 9.88. The maximum absolute atomic E-state index is 5.15. The molecule has 86 valence electrons. The van der Waals surface area contributed by atoms with Gasteiger partial charge in [-0.1, -0.05) is 6.92 Å². The maximum atomic E-state index is 5.15. The van der Waals surface area contributed by atoms with Gasteiger partial charge in [0.05, 0.1) is 0 Å². The minimum atomic E-state index is 0.455. The Bertz CT molecular complexity index is 264. The Hall–Kier alpha value is -0.380. The largest absolute Gasteiger partial charge is 0.385 e. The highest BCUT2D eigenvalue weighted by Gasteiger charge is 2.13. The van der Waals surface area contributed by atoms with E-state index in [4.69, 9.17) is 4.74 Å². The number of aryl methyl sites for hydroxylation is 1. The van der Waals surface area contributed by atoms with Gasteiger partial charge in [-0.05, 0) is 43.3 Å². The van der Waals surface area contributed by atoms with E-state index in [0.717, 1.165) is 19.6 Å². The zero-order valence-corrected chi connectivity index (χ0v) is 10.7. The first-order valence-corrected chi connectivity index (χ1v) is 6.43. The van der Waals surface area contributed by atoms with Gasteiger partial charge in [-0.3, -0.25) is 0 Å². The summed E-state index contributed by atoms with van der Waals surface area (Å²) in [5.74, 6) is 0. The molecule has 15 heavy (non-hydrogen) atoms. The summed E-state index contributed by atoms with van der Waals surface area (Å²) in [6, 6.07) is 2.68. The van der Waals surface area contributed by atoms with Crippen LogP contribution < -0.4 is 5.32 Å². The summed E-state index contributed by atoms with van der Waals surface area (Å²) in [5, 5.41) is 5.74. The highest BCUT2D eigenvalue weighted by atomic mass is 32.1. The first-order valence-electron chi connectivity index (χ1n) is 5.56. The molecule has 1 N–H and O–H groups in total. The number of hydrogen-bond donors (Lipinski definition) is 1. The third-order valence-electron chi connectivity index (χ3n) is 2.53. The summed E-state index contributed by atoms with van der Waals surface area (Å²) in [7, 11) is 1.76. The zero-order chi connectivity index (χ0) is 11.1. The van der Waals surface area contributed by atoms with Crippen LogP contribution in [0, 0.1) is 6.92 Å². The van der Waals surface area contributed by atoms with Crippen molar-refractivity contribution in [3.8, 4) is 0 Å². The molecule has 1 heterocycles. The van der Waals surface area contributed by atoms with E-state index in [9.17, 15) is 0 Å². The third kappa shape index (κ3) is 3.93. The summed E-state index contributed by atoms with van der Waals surface area (Å²) in [6.07, 6.45) is 2.22. The molecule has 0 aliphatic rings. The van der Waals surface area contributed by atoms with E-state index < -0.39 is 0 Å². The number of rotatable bonds is 7. The SMILES string of the molecule is CCCNC(CCOC)c1ccsc1C. The average molecular weight is 227 g/mol. The molecule has 0 fully saturated rings. The van der Waals surface area contributed by atoms with Crippen molar-refractivity contribution in [1.29, 1.82) is 0 Å². The summed E-state index contributed by atoms with van der Waals surface area (Å²) in [6.45, 7) is 6.27. The molecular weight excluding hydrogens is 206 g/mol. The summed E-state index contributed by atoms with van der Waals surface area (Å²) >= 11 is 1.82. The van der Waals surface area contributed by atoms with Crippen molar-refractivity contribution in [1.82, 2.24) is 5.32 Å². The van der Waals surface area contributed by atoms with Gasteiger partial charge in [-0.15, -0.1) is 11.3 Å². The van der Waals surface area contributed by atoms with Gasteiger partial charge in [0.15, 0.2) is 0 Å². The van der Waals surface area contributed by atoms with Crippen molar-refractivity contribution >= 4 is 11.3 Å². The lowest BCUT2D eigenvalue weighted by molar-refractivity contribution is 0.183. The quantitative estimate of drug-likeness (QED) is 0.772. The van der Waals surface area contributed by atoms with Crippen LogP contribution in [0.1, 0.15) is 36.2 Å². The molecule has 3 heteroatoms. The summed E-state index contributed by atoms with van der Waals surface area (Å²) < 4.78 is 5.15. The Morgan fingerprint density at radius 3 is 2.87 bits per heavy atom. The van der Waals surface area contributed by atoms with Gasteiger partial charge in [-0.25, -0.2) is 0 Å². The number of thiophene rings is 1. The lowest BCUT2D eigenvalue weighted by Crippen LogP contribution is -2.23. The molecule has 0 aliphatic carbocycles. The van der Waals surface area contributed by atoms with Crippen molar-refractivity contribution < 1.29 is 4.74 Å². The smallest absolute Gasteiger partial charge is 0.0480 e. The van der Waals surface area contributed by atoms with E-state index in [1.165, 1.54) is 16.9 Å². The lowest BCUT2D eigenvalue weighted by Gasteiger charge is -2.18. The number of nitrogens with one attached hydrogen (secondary N) is 1. The van der Waals surface area contributed by atoms with E-state index in [0.29, 0.717) is 6.04 Å². The Labute approximate surface area is 96.7 Å². The molecule has 1 unspecified atom stereocenters. The van der Waals surface area contributed by atoms with Gasteiger partial charge < -0.3 is 10.1 Å². The van der Waals surface area contributed by atoms with Gasteiger partial charge in [-0.2, -0.15) is 0 Å². The van der Waals surface area contributed by atoms with E-state index in [1.54, 1.807) is 7.11 Å². The van der Waals surface area contributed by atoms with Crippen LogP contribution >= 0.6 is 11.3 Å². The second-order valence-electron chi connectivity index (χ2n) is 3.72. The number of methoxy groups -OCH3 is 1. The van der Waals surface area contributed by atoms with Crippen molar-refractivity contribution in [3.05, 3.63) is 21.9 Å². The number of hydrogen-bond acceptors (Lipinski definition) is 3. The van der Waals surface area contributed by atoms with Gasteiger partial charge in [0.2, 0.25) is 0 Å². The predicted octanol–water partition coefficient (Wildman–Crippen LogP) is 3.13. The first-order chi connectivity index (χ1) is 7.29. The van der Waals surface area contributed by atoms with E-state index in [2.05, 4.69) is 30.6 Å². The van der Waals surface area contributed by atoms with Gasteiger partial charge in [0.1, 0.15) is 0 Å². The molecule has 0 saturated carbocycles. The molecule has 2 nitrogen and oxygen atoms in total. The Morgan fingerprint density at radius 1 is 1.53 bits per heavy atom. The topological polar surface area (TPSA) is 21.3 Å². The minimum Gasteiger partial charge on any atom is -0.385 e. The minimum absolute atomic E-state index is 0.455. The van der Waals surface area contributed by atoms with Crippen LogP contribution in [0.4, 0.5) is 0 Å². The highest BCUT2D eigenvalue weighted by molar-refractivity contribution is 7.10. The molecule has 1 rings (SSSR count). The van der Waals surface area contributed by atoms with Crippen molar-refractivity contribution in [2.24, 2.45) is 0 Å². The molecule has 0 aromatic carbocycles. The Morgan fingerprint density at radius 2 is 2.33 bits per heavy atom. The van der Waals surface area contributed by atoms with E-state index >= 15 is 0 Å². The second-order valence-corrected chi connectivity index (χ2v) is 4.84. The van der Waals surface area contributed by atoms with Crippen LogP contribution in [0.2, 0.25) is 0 Å². The Balaban J connectivity index is 2.58. The fourth-order valence-electron chi connectivity index (χ4n) is 1.68. The fourth-order valence-corrected chi connectivity index (χ4v) is 2.44. The van der Waals surface area contributed by atoms with Crippen molar-refractivity contribution in [2.75, 3.05) is 20.3 Å². The fraction of sp³-hybridized carbons (Fsp3) is 0.667.